The molecule has 0 spiro atoms. The lowest BCUT2D eigenvalue weighted by Gasteiger charge is -2.19. The van der Waals surface area contributed by atoms with Crippen molar-refractivity contribution in [3.8, 4) is 5.75 Å². The number of sulfonamides is 1. The largest absolute Gasteiger partial charge is 0.494 e. The number of nitrogens with zero attached hydrogens (tertiary/aromatic N) is 2. The first-order valence-corrected chi connectivity index (χ1v) is 11.5. The number of aliphatic hydroxyl groups excluding tert-OH is 1. The molecule has 0 saturated heterocycles. The van der Waals surface area contributed by atoms with Crippen LogP contribution in [-0.2, 0) is 10.0 Å². The van der Waals surface area contributed by atoms with Crippen LogP contribution in [0.1, 0.15) is 25.7 Å². The molecule has 29 heavy (non-hydrogen) atoms. The Bertz CT molecular complexity index is 810. The Hall–Kier alpha value is -2.09. The van der Waals surface area contributed by atoms with E-state index in [9.17, 15) is 8.42 Å². The van der Waals surface area contributed by atoms with Gasteiger partial charge in [0.2, 0.25) is 0 Å². The lowest BCUT2D eigenvalue weighted by Crippen LogP contribution is -2.26. The fourth-order valence-electron chi connectivity index (χ4n) is 2.95. The predicted molar refractivity (Wildman–Crippen MR) is 117 cm³/mol. The summed E-state index contributed by atoms with van der Waals surface area (Å²) < 4.78 is 32.4. The SMILES string of the molecule is CN(CCO)CCCCCCOc1ccc(N(C)S(=O)(=O)c2ccccc2)cc1. The van der Waals surface area contributed by atoms with Gasteiger partial charge in [-0.05, 0) is 62.8 Å². The fourth-order valence-corrected chi connectivity index (χ4v) is 4.17. The number of hydrogen-bond acceptors (Lipinski definition) is 5. The lowest BCUT2D eigenvalue weighted by molar-refractivity contribution is 0.218. The number of aliphatic hydroxyl groups is 1. The minimum Gasteiger partial charge on any atom is -0.494 e. The number of rotatable bonds is 13. The van der Waals surface area contributed by atoms with Gasteiger partial charge in [-0.25, -0.2) is 8.42 Å². The third kappa shape index (κ3) is 7.34. The standard InChI is InChI=1S/C22H32N2O4S/c1-23(17-18-25)16-8-3-4-9-19-28-21-14-12-20(13-15-21)24(2)29(26,27)22-10-6-5-7-11-22/h5-7,10-15,25H,3-4,8-9,16-19H2,1-2H3. The molecule has 0 aliphatic rings. The van der Waals surface area contributed by atoms with Gasteiger partial charge in [0.05, 0.1) is 23.8 Å². The molecule has 6 nitrogen and oxygen atoms in total. The zero-order chi connectivity index (χ0) is 21.1. The van der Waals surface area contributed by atoms with Gasteiger partial charge in [0.25, 0.3) is 10.0 Å². The highest BCUT2D eigenvalue weighted by molar-refractivity contribution is 7.92. The van der Waals surface area contributed by atoms with Crippen LogP contribution < -0.4 is 9.04 Å². The zero-order valence-corrected chi connectivity index (χ0v) is 18.1. The highest BCUT2D eigenvalue weighted by atomic mass is 32.2. The summed E-state index contributed by atoms with van der Waals surface area (Å²) in [6, 6.07) is 15.5. The average Bonchev–Trinajstić information content (AvgIpc) is 2.74. The summed E-state index contributed by atoms with van der Waals surface area (Å²) in [6.07, 6.45) is 4.34. The quantitative estimate of drug-likeness (QED) is 0.503. The minimum absolute atomic E-state index is 0.205. The normalized spacial score (nSPS) is 11.6. The Kier molecular flexibility index (Phi) is 9.44. The molecule has 0 aromatic heterocycles. The molecule has 0 saturated carbocycles. The molecule has 0 aliphatic carbocycles. The topological polar surface area (TPSA) is 70.1 Å². The van der Waals surface area contributed by atoms with E-state index in [1.54, 1.807) is 61.6 Å². The first-order valence-electron chi connectivity index (χ1n) is 10.0. The van der Waals surface area contributed by atoms with E-state index in [4.69, 9.17) is 9.84 Å². The molecule has 0 bridgehead atoms. The van der Waals surface area contributed by atoms with Crippen molar-refractivity contribution in [2.45, 2.75) is 30.6 Å². The van der Waals surface area contributed by atoms with Crippen molar-refractivity contribution >= 4 is 15.7 Å². The first kappa shape index (κ1) is 23.2. The Morgan fingerprint density at radius 1 is 0.862 bits per heavy atom. The van der Waals surface area contributed by atoms with Gasteiger partial charge in [0.1, 0.15) is 5.75 Å². The van der Waals surface area contributed by atoms with Gasteiger partial charge in [0.15, 0.2) is 0 Å². The number of likely N-dealkylation sites (N-methyl/N-ethyl adjacent to an activating group) is 1. The molecule has 0 atom stereocenters. The molecular formula is C22H32N2O4S. The van der Waals surface area contributed by atoms with Crippen molar-refractivity contribution < 1.29 is 18.3 Å². The van der Waals surface area contributed by atoms with Crippen molar-refractivity contribution in [3.63, 3.8) is 0 Å². The molecule has 2 aromatic carbocycles. The average molecular weight is 421 g/mol. The maximum atomic E-state index is 12.7. The Balaban J connectivity index is 1.75. The van der Waals surface area contributed by atoms with E-state index >= 15 is 0 Å². The van der Waals surface area contributed by atoms with Crippen LogP contribution in [0.3, 0.4) is 0 Å². The molecule has 0 fully saturated rings. The number of benzene rings is 2. The summed E-state index contributed by atoms with van der Waals surface area (Å²) in [5.74, 6) is 0.738. The van der Waals surface area contributed by atoms with E-state index in [-0.39, 0.29) is 11.5 Å². The van der Waals surface area contributed by atoms with Crippen LogP contribution in [-0.4, -0.2) is 58.8 Å². The number of anilines is 1. The highest BCUT2D eigenvalue weighted by Gasteiger charge is 2.20. The molecule has 0 heterocycles. The van der Waals surface area contributed by atoms with E-state index in [1.165, 1.54) is 4.31 Å². The van der Waals surface area contributed by atoms with Gasteiger partial charge < -0.3 is 14.7 Å². The monoisotopic (exact) mass is 420 g/mol. The van der Waals surface area contributed by atoms with Gasteiger partial charge in [-0.2, -0.15) is 0 Å². The van der Waals surface area contributed by atoms with Gasteiger partial charge in [-0.3, -0.25) is 4.31 Å². The maximum absolute atomic E-state index is 12.7. The van der Waals surface area contributed by atoms with Crippen LogP contribution in [0.25, 0.3) is 0 Å². The van der Waals surface area contributed by atoms with Crippen molar-refractivity contribution in [2.75, 3.05) is 44.7 Å². The van der Waals surface area contributed by atoms with E-state index in [1.807, 2.05) is 7.05 Å². The molecule has 1 N–H and O–H groups in total. The Labute approximate surface area is 174 Å². The number of unbranched alkanes of at least 4 members (excludes halogenated alkanes) is 3. The second kappa shape index (κ2) is 11.8. The predicted octanol–water partition coefficient (Wildman–Crippen LogP) is 3.38. The summed E-state index contributed by atoms with van der Waals surface area (Å²) in [6.45, 7) is 2.57. The number of hydrogen-bond donors (Lipinski definition) is 1. The molecule has 0 aliphatic heterocycles. The van der Waals surface area contributed by atoms with Crippen molar-refractivity contribution in [3.05, 3.63) is 54.6 Å². The lowest BCUT2D eigenvalue weighted by atomic mass is 10.2. The molecule has 0 unspecified atom stereocenters. The van der Waals surface area contributed by atoms with Crippen LogP contribution in [0.5, 0.6) is 5.75 Å². The fraction of sp³-hybridized carbons (Fsp3) is 0.455. The second-order valence-electron chi connectivity index (χ2n) is 7.07. The highest BCUT2D eigenvalue weighted by Crippen LogP contribution is 2.24. The van der Waals surface area contributed by atoms with Crippen LogP contribution in [0.4, 0.5) is 5.69 Å². The summed E-state index contributed by atoms with van der Waals surface area (Å²) >= 11 is 0. The van der Waals surface area contributed by atoms with Crippen molar-refractivity contribution in [1.29, 1.82) is 0 Å². The zero-order valence-electron chi connectivity index (χ0n) is 17.3. The molecule has 0 radical (unpaired) electrons. The van der Waals surface area contributed by atoms with E-state index in [0.717, 1.165) is 44.5 Å². The molecular weight excluding hydrogens is 388 g/mol. The Morgan fingerprint density at radius 3 is 2.17 bits per heavy atom. The number of ether oxygens (including phenoxy) is 1. The van der Waals surface area contributed by atoms with Gasteiger partial charge in [0, 0.05) is 13.6 Å². The molecule has 0 amide bonds. The van der Waals surface area contributed by atoms with Gasteiger partial charge in [-0.1, -0.05) is 31.0 Å². The van der Waals surface area contributed by atoms with Crippen molar-refractivity contribution in [2.24, 2.45) is 0 Å². The van der Waals surface area contributed by atoms with Crippen molar-refractivity contribution in [1.82, 2.24) is 4.90 Å². The molecule has 2 aromatic rings. The van der Waals surface area contributed by atoms with Crippen LogP contribution in [0.2, 0.25) is 0 Å². The Morgan fingerprint density at radius 2 is 1.52 bits per heavy atom. The molecule has 160 valence electrons. The van der Waals surface area contributed by atoms with E-state index in [0.29, 0.717) is 12.3 Å². The van der Waals surface area contributed by atoms with Gasteiger partial charge >= 0.3 is 0 Å². The second-order valence-corrected chi connectivity index (χ2v) is 9.04. The van der Waals surface area contributed by atoms with Crippen LogP contribution in [0, 0.1) is 0 Å². The summed E-state index contributed by atoms with van der Waals surface area (Å²) in [5, 5.41) is 8.87. The molecule has 2 rings (SSSR count). The van der Waals surface area contributed by atoms with E-state index in [2.05, 4.69) is 4.90 Å². The summed E-state index contributed by atoms with van der Waals surface area (Å²) in [4.78, 5) is 2.40. The minimum atomic E-state index is -3.57. The molecule has 7 heteroatoms. The maximum Gasteiger partial charge on any atom is 0.264 e. The van der Waals surface area contributed by atoms with Gasteiger partial charge in [-0.15, -0.1) is 0 Å². The van der Waals surface area contributed by atoms with E-state index < -0.39 is 10.0 Å². The first-order chi connectivity index (χ1) is 13.9. The third-order valence-corrected chi connectivity index (χ3v) is 6.59. The van der Waals surface area contributed by atoms with Crippen LogP contribution in [0.15, 0.2) is 59.5 Å². The van der Waals surface area contributed by atoms with Crippen LogP contribution >= 0.6 is 0 Å². The smallest absolute Gasteiger partial charge is 0.264 e. The summed E-state index contributed by atoms with van der Waals surface area (Å²) in [7, 11) is 0.00169. The third-order valence-electron chi connectivity index (χ3n) is 4.79. The summed E-state index contributed by atoms with van der Waals surface area (Å²) in [5.41, 5.74) is 0.591.